The second-order valence-corrected chi connectivity index (χ2v) is 21.2. The average Bonchev–Trinajstić information content (AvgIpc) is 3.32. The summed E-state index contributed by atoms with van der Waals surface area (Å²) in [6.07, 6.45) is 12.6. The van der Waals surface area contributed by atoms with Gasteiger partial charge in [-0.2, -0.15) is 0 Å². The monoisotopic (exact) mass is 1060 g/mol. The number of fused-ring (bicyclic) bond motifs is 4. The van der Waals surface area contributed by atoms with Gasteiger partial charge in [0.15, 0.2) is 6.10 Å². The summed E-state index contributed by atoms with van der Waals surface area (Å²) in [7, 11) is -11.5. The molecule has 1 unspecified atom stereocenters. The van der Waals surface area contributed by atoms with E-state index < -0.39 is 120 Å². The number of phosphoric acid groups is 2. The molecule has 12 atom stereocenters. The van der Waals surface area contributed by atoms with Crippen molar-refractivity contribution in [3.8, 4) is 0 Å². The summed E-state index contributed by atoms with van der Waals surface area (Å²) < 4.78 is 52.3. The molecule has 9 N–H and O–H groups in total. The van der Waals surface area contributed by atoms with E-state index in [1.807, 2.05) is 6.92 Å². The third-order valence-corrected chi connectivity index (χ3v) is 14.0. The molecule has 1 heterocycles. The molecule has 0 spiro atoms. The van der Waals surface area contributed by atoms with Crippen LogP contribution in [0, 0.1) is 11.8 Å². The van der Waals surface area contributed by atoms with Crippen LogP contribution >= 0.6 is 15.6 Å². The smallest absolute Gasteiger partial charge is 0.462 e. The molecule has 0 aromatic rings. The number of rotatable bonds is 25. The Morgan fingerprint density at radius 3 is 2.06 bits per heavy atom. The number of esters is 2. The van der Waals surface area contributed by atoms with Gasteiger partial charge in [0, 0.05) is 25.2 Å². The van der Waals surface area contributed by atoms with Crippen LogP contribution in [0.2, 0.25) is 0 Å². The number of hydrogen-bond acceptors (Lipinski definition) is 16. The van der Waals surface area contributed by atoms with E-state index in [0.29, 0.717) is 38.5 Å². The molecule has 72 heavy (non-hydrogen) atoms. The summed E-state index contributed by atoms with van der Waals surface area (Å²) in [5.74, 6) is -5.67. The second kappa shape index (κ2) is 37.1. The van der Waals surface area contributed by atoms with Crippen LogP contribution < -0.4 is 0 Å². The molecule has 2 aliphatic rings. The highest BCUT2D eigenvalue weighted by Crippen LogP contribution is 2.49. The number of ether oxygens (including phenoxy) is 2. The number of ketones is 1. The van der Waals surface area contributed by atoms with Crippen LogP contribution in [-0.4, -0.2) is 131 Å². The number of phosphoric ester groups is 2. The van der Waals surface area contributed by atoms with Gasteiger partial charge in [-0.3, -0.25) is 28.0 Å². The Morgan fingerprint density at radius 2 is 1.40 bits per heavy atom. The zero-order valence-electron chi connectivity index (χ0n) is 42.3. The number of allylic oxidation sites excluding steroid dienone is 8. The fraction of sp³-hybridized carbons (Fsp3) is 0.745. The number of aliphatic hydroxyl groups excluding tert-OH is 6. The molecule has 2 bridgehead atoms. The Kier molecular flexibility index (Phi) is 33.7. The van der Waals surface area contributed by atoms with Crippen molar-refractivity contribution in [3.63, 3.8) is 0 Å². The lowest BCUT2D eigenvalue weighted by atomic mass is 9.82. The Balaban J connectivity index is 2.24. The van der Waals surface area contributed by atoms with Gasteiger partial charge in [-0.05, 0) is 64.2 Å². The van der Waals surface area contributed by atoms with E-state index >= 15 is 0 Å². The molecule has 1 saturated heterocycles. The largest absolute Gasteiger partial charge is 0.472 e. The van der Waals surface area contributed by atoms with Crippen LogP contribution in [0.5, 0.6) is 0 Å². The van der Waals surface area contributed by atoms with E-state index in [0.717, 1.165) is 82.8 Å². The predicted octanol–water partition coefficient (Wildman–Crippen LogP) is 7.21. The summed E-state index contributed by atoms with van der Waals surface area (Å²) in [5, 5.41) is 68.3. The van der Waals surface area contributed by atoms with E-state index in [-0.39, 0.29) is 32.1 Å². The first kappa shape index (κ1) is 65.4. The van der Waals surface area contributed by atoms with E-state index in [9.17, 15) is 68.8 Å². The Morgan fingerprint density at radius 1 is 0.778 bits per heavy atom. The van der Waals surface area contributed by atoms with Gasteiger partial charge in [-0.15, -0.1) is 0 Å². The number of aliphatic hydroxyl groups is 6. The fourth-order valence-electron chi connectivity index (χ4n) is 8.41. The van der Waals surface area contributed by atoms with E-state index in [2.05, 4.69) is 55.5 Å². The molecule has 2 fully saturated rings. The molecule has 1 aliphatic heterocycles. The van der Waals surface area contributed by atoms with Gasteiger partial charge in [-0.1, -0.05) is 139 Å². The number of unbranched alkanes of at least 4 members (excludes halogenated alkanes) is 8. The number of Topliss-reactive ketones (excluding diaryl/α,β-unsaturated/α-hetero) is 1. The zero-order valence-corrected chi connectivity index (χ0v) is 44.1. The highest BCUT2D eigenvalue weighted by atomic mass is 31.2. The van der Waals surface area contributed by atoms with Crippen molar-refractivity contribution in [3.05, 3.63) is 60.8 Å². The molecule has 19 nitrogen and oxygen atoms in total. The molecular weight excluding hydrogens is 978 g/mol. The molecule has 21 heteroatoms. The summed E-state index contributed by atoms with van der Waals surface area (Å²) in [6.45, 7) is 2.45. The second-order valence-electron chi connectivity index (χ2n) is 18.6. The van der Waals surface area contributed by atoms with Gasteiger partial charge >= 0.3 is 27.6 Å². The fourth-order valence-corrected chi connectivity index (χ4v) is 9.94. The van der Waals surface area contributed by atoms with Crippen LogP contribution in [0.4, 0.5) is 0 Å². The number of carbonyl (C=O) groups is 3. The molecule has 414 valence electrons. The molecule has 0 aromatic heterocycles. The lowest BCUT2D eigenvalue weighted by Gasteiger charge is -2.38. The molecule has 1 aliphatic carbocycles. The molecule has 0 radical (unpaired) electrons. The van der Waals surface area contributed by atoms with Crippen LogP contribution in [0.25, 0.3) is 0 Å². The lowest BCUT2D eigenvalue weighted by molar-refractivity contribution is -0.165. The highest BCUT2D eigenvalue weighted by molar-refractivity contribution is 7.47. The average molecular weight is 1070 g/mol. The Labute approximate surface area is 426 Å². The van der Waals surface area contributed by atoms with Crippen molar-refractivity contribution in [1.29, 1.82) is 0 Å². The normalized spacial score (nSPS) is 30.0. The van der Waals surface area contributed by atoms with Crippen LogP contribution in [0.15, 0.2) is 60.8 Å². The Hall–Kier alpha value is -2.71. The highest BCUT2D eigenvalue weighted by Gasteiger charge is 2.51. The summed E-state index contributed by atoms with van der Waals surface area (Å²) in [4.78, 5) is 70.8. The van der Waals surface area contributed by atoms with Crippen molar-refractivity contribution in [2.24, 2.45) is 11.8 Å². The summed E-state index contributed by atoms with van der Waals surface area (Å²) >= 11 is 0. The summed E-state index contributed by atoms with van der Waals surface area (Å²) in [5.41, 5.74) is 0. The first-order chi connectivity index (χ1) is 34.3. The van der Waals surface area contributed by atoms with E-state index in [1.165, 1.54) is 0 Å². The number of cyclic esters (lactones) is 1. The number of carbonyl (C=O) groups excluding carboxylic acids is 3. The molecule has 0 amide bonds. The summed E-state index contributed by atoms with van der Waals surface area (Å²) in [6, 6.07) is 0. The van der Waals surface area contributed by atoms with Crippen LogP contribution in [-0.2, 0) is 46.6 Å². The first-order valence-electron chi connectivity index (χ1n) is 25.9. The maximum absolute atomic E-state index is 14.0. The van der Waals surface area contributed by atoms with Gasteiger partial charge in [0.05, 0.1) is 36.9 Å². The van der Waals surface area contributed by atoms with Gasteiger partial charge < -0.3 is 54.8 Å². The predicted molar refractivity (Wildman–Crippen MR) is 270 cm³/mol. The maximum Gasteiger partial charge on any atom is 0.472 e. The van der Waals surface area contributed by atoms with Crippen molar-refractivity contribution in [2.45, 2.75) is 216 Å². The van der Waals surface area contributed by atoms with E-state index in [4.69, 9.17) is 23.0 Å². The zero-order chi connectivity index (χ0) is 53.4. The van der Waals surface area contributed by atoms with Crippen molar-refractivity contribution in [1.82, 2.24) is 0 Å². The number of hydrogen-bond donors (Lipinski definition) is 9. The van der Waals surface area contributed by atoms with Gasteiger partial charge in [-0.25, -0.2) is 9.13 Å². The first-order valence-corrected chi connectivity index (χ1v) is 29.0. The van der Waals surface area contributed by atoms with Gasteiger partial charge in [0.1, 0.15) is 36.8 Å². The molecule has 1 saturated carbocycles. The minimum absolute atomic E-state index is 0.0484. The van der Waals surface area contributed by atoms with Crippen LogP contribution in [0.3, 0.4) is 0 Å². The van der Waals surface area contributed by atoms with Crippen molar-refractivity contribution >= 4 is 33.4 Å². The molecular formula is C51H86O19P2. The SMILES string of the molecule is CC/C=C\C/C=C\C/C=C\C/C=C\CCCCCCCCC(=O)O[C@@H]1COC(=O)CCCCCC[C@@H]2[C@@H](O)[C@H](O)[C@@H](O)[C@H](OP(=O)(O)OC1)[C@H](OP(=O)(O)O)[C@H](O)[C@@H](/C=C/[C@@H](O)CCCCC)C(=O)C[C@@H]2O. The third-order valence-electron chi connectivity index (χ3n) is 12.5. The van der Waals surface area contributed by atoms with Crippen molar-refractivity contribution in [2.75, 3.05) is 13.2 Å². The van der Waals surface area contributed by atoms with Gasteiger partial charge in [0.2, 0.25) is 0 Å². The minimum Gasteiger partial charge on any atom is -0.462 e. The van der Waals surface area contributed by atoms with E-state index in [1.54, 1.807) is 0 Å². The minimum atomic E-state index is -5.80. The molecule has 0 aromatic carbocycles. The van der Waals surface area contributed by atoms with Crippen molar-refractivity contribution < 1.29 is 91.9 Å². The Bertz CT molecular complexity index is 1780. The maximum atomic E-state index is 14.0. The standard InChI is InChI=1S/C51H86O19P2/c1-3-5-7-8-9-10-11-12-13-14-15-16-17-18-19-20-21-22-28-32-45(56)68-39-36-66-44(55)31-27-24-23-26-30-40-42(53)35-43(54)41(34-33-38(52)29-25-6-4-2)47(58)50(69-71(61,62)63)51(49(60)48(59)46(40)57)70-72(64,65)67-37-39/h5,7,9-10,12-13,15-16,33-34,38-42,46-53,57-60H,3-4,6,8,11,14,17-32,35-37H2,1-2H3,(H,64,65)(H2,61,62,63)/b7-5-,10-9-,13-12-,16-15-,34-33+/t38-,39+,40-,41-,42-,46+,47+,48-,49+,50+,51-/m0/s1. The quantitative estimate of drug-likeness (QED) is 0.0189. The third kappa shape index (κ3) is 28.3. The topological polar surface area (TPSA) is 314 Å². The van der Waals surface area contributed by atoms with Crippen LogP contribution in [0.1, 0.15) is 162 Å². The van der Waals surface area contributed by atoms with Gasteiger partial charge in [0.25, 0.3) is 0 Å². The molecule has 2 rings (SSSR count). The lowest BCUT2D eigenvalue weighted by Crippen LogP contribution is -2.56.